The topological polar surface area (TPSA) is 72.7 Å². The van der Waals surface area contributed by atoms with E-state index >= 15 is 0 Å². The first kappa shape index (κ1) is 18.4. The number of aromatic nitrogens is 2. The van der Waals surface area contributed by atoms with Gasteiger partial charge in [0.05, 0.1) is 23.4 Å². The zero-order chi connectivity index (χ0) is 20.2. The molecular weight excluding hydrogens is 366 g/mol. The molecule has 0 saturated carbocycles. The van der Waals surface area contributed by atoms with Crippen LogP contribution in [0.1, 0.15) is 27.6 Å². The molecule has 1 amide bonds. The average molecular weight is 385 g/mol. The fraction of sp³-hybridized carbons (Fsp3) is 0.0870. The van der Waals surface area contributed by atoms with Gasteiger partial charge < -0.3 is 10.1 Å². The third-order valence-corrected chi connectivity index (χ3v) is 4.46. The van der Waals surface area contributed by atoms with Crippen molar-refractivity contribution in [2.45, 2.75) is 6.92 Å². The lowest BCUT2D eigenvalue weighted by Gasteiger charge is -2.09. The smallest absolute Gasteiger partial charge is 0.340 e. The molecule has 4 rings (SSSR count). The molecule has 0 bridgehead atoms. The van der Waals surface area contributed by atoms with Crippen LogP contribution in [0.2, 0.25) is 0 Å². The fourth-order valence-corrected chi connectivity index (χ4v) is 3.19. The minimum absolute atomic E-state index is 0.232. The largest absolute Gasteiger partial charge is 0.462 e. The number of amides is 1. The molecule has 0 atom stereocenters. The first-order valence-electron chi connectivity index (χ1n) is 9.28. The molecule has 0 spiro atoms. The van der Waals surface area contributed by atoms with Gasteiger partial charge in [-0.15, -0.1) is 0 Å². The normalized spacial score (nSPS) is 10.7. The van der Waals surface area contributed by atoms with Gasteiger partial charge in [0.1, 0.15) is 0 Å². The summed E-state index contributed by atoms with van der Waals surface area (Å²) in [6, 6.07) is 21.8. The quantitative estimate of drug-likeness (QED) is 0.516. The highest BCUT2D eigenvalue weighted by molar-refractivity contribution is 6.05. The minimum atomic E-state index is -0.424. The Morgan fingerprint density at radius 3 is 2.62 bits per heavy atom. The Balaban J connectivity index is 1.76. The molecule has 6 heteroatoms. The predicted octanol–water partition coefficient (Wildman–Crippen LogP) is 4.43. The van der Waals surface area contributed by atoms with Gasteiger partial charge in [0, 0.05) is 23.0 Å². The highest BCUT2D eigenvalue weighted by Gasteiger charge is 2.21. The van der Waals surface area contributed by atoms with Crippen LogP contribution in [-0.2, 0) is 4.74 Å². The highest BCUT2D eigenvalue weighted by Crippen LogP contribution is 2.28. The number of rotatable bonds is 5. The molecule has 0 unspecified atom stereocenters. The summed E-state index contributed by atoms with van der Waals surface area (Å²) >= 11 is 0. The standard InChI is InChI=1S/C23H19N3O3/c1-2-29-23(28)20-15-19-12-7-13-24-26(19)21(20)16-8-6-9-17(14-16)22(27)25-18-10-4-3-5-11-18/h3-15H,2H2,1H3,(H,25,27). The van der Waals surface area contributed by atoms with Crippen molar-refractivity contribution in [1.29, 1.82) is 0 Å². The lowest BCUT2D eigenvalue weighted by atomic mass is 10.0. The van der Waals surface area contributed by atoms with Crippen LogP contribution in [0.25, 0.3) is 16.8 Å². The monoisotopic (exact) mass is 385 g/mol. The second kappa shape index (κ2) is 7.98. The van der Waals surface area contributed by atoms with Gasteiger partial charge in [0.25, 0.3) is 5.91 Å². The van der Waals surface area contributed by atoms with Gasteiger partial charge in [0.15, 0.2) is 0 Å². The maximum Gasteiger partial charge on any atom is 0.340 e. The number of nitrogens with zero attached hydrogens (tertiary/aromatic N) is 2. The second-order valence-corrected chi connectivity index (χ2v) is 6.39. The van der Waals surface area contributed by atoms with Crippen LogP contribution >= 0.6 is 0 Å². The van der Waals surface area contributed by atoms with Crippen molar-refractivity contribution in [3.8, 4) is 11.3 Å². The number of carbonyl (C=O) groups is 2. The van der Waals surface area contributed by atoms with E-state index in [0.717, 1.165) is 5.52 Å². The predicted molar refractivity (Wildman–Crippen MR) is 111 cm³/mol. The van der Waals surface area contributed by atoms with Crippen LogP contribution in [0.3, 0.4) is 0 Å². The number of nitrogens with one attached hydrogen (secondary N) is 1. The van der Waals surface area contributed by atoms with Crippen molar-refractivity contribution in [2.24, 2.45) is 0 Å². The molecule has 0 radical (unpaired) electrons. The van der Waals surface area contributed by atoms with Gasteiger partial charge in [-0.1, -0.05) is 30.3 Å². The minimum Gasteiger partial charge on any atom is -0.462 e. The summed E-state index contributed by atoms with van der Waals surface area (Å²) < 4.78 is 6.90. The lowest BCUT2D eigenvalue weighted by molar-refractivity contribution is 0.0527. The maximum atomic E-state index is 12.7. The highest BCUT2D eigenvalue weighted by atomic mass is 16.5. The van der Waals surface area contributed by atoms with E-state index in [1.54, 1.807) is 48.0 Å². The Morgan fingerprint density at radius 2 is 1.83 bits per heavy atom. The number of hydrogen-bond donors (Lipinski definition) is 1. The van der Waals surface area contributed by atoms with Crippen molar-refractivity contribution in [3.05, 3.63) is 90.1 Å². The summed E-state index contributed by atoms with van der Waals surface area (Å²) in [5.74, 6) is -0.656. The third-order valence-electron chi connectivity index (χ3n) is 4.46. The van der Waals surface area contributed by atoms with Gasteiger partial charge in [-0.2, -0.15) is 5.10 Å². The van der Waals surface area contributed by atoms with Crippen LogP contribution in [0.15, 0.2) is 79.0 Å². The number of carbonyl (C=O) groups excluding carboxylic acids is 2. The lowest BCUT2D eigenvalue weighted by Crippen LogP contribution is -2.12. The Hall–Kier alpha value is -3.93. The molecule has 0 fully saturated rings. The molecule has 1 N–H and O–H groups in total. The third kappa shape index (κ3) is 3.73. The summed E-state index contributed by atoms with van der Waals surface area (Å²) in [5, 5.41) is 7.24. The molecule has 0 aliphatic carbocycles. The van der Waals surface area contributed by atoms with Gasteiger partial charge in [0.2, 0.25) is 0 Å². The summed E-state index contributed by atoms with van der Waals surface area (Å²) in [7, 11) is 0. The Bertz CT molecular complexity index is 1180. The van der Waals surface area contributed by atoms with E-state index in [-0.39, 0.29) is 12.5 Å². The number of benzene rings is 2. The summed E-state index contributed by atoms with van der Waals surface area (Å²) in [6.45, 7) is 2.04. The van der Waals surface area contributed by atoms with Crippen molar-refractivity contribution in [1.82, 2.24) is 9.61 Å². The second-order valence-electron chi connectivity index (χ2n) is 6.39. The molecule has 0 aliphatic heterocycles. The van der Waals surface area contributed by atoms with Crippen molar-refractivity contribution < 1.29 is 14.3 Å². The average Bonchev–Trinajstić information content (AvgIpc) is 3.14. The molecule has 2 heterocycles. The number of esters is 1. The molecule has 144 valence electrons. The van der Waals surface area contributed by atoms with Gasteiger partial charge in [-0.3, -0.25) is 4.79 Å². The van der Waals surface area contributed by atoms with Crippen molar-refractivity contribution in [2.75, 3.05) is 11.9 Å². The fourth-order valence-electron chi connectivity index (χ4n) is 3.19. The number of anilines is 1. The summed E-state index contributed by atoms with van der Waals surface area (Å²) in [4.78, 5) is 25.2. The van der Waals surface area contributed by atoms with E-state index < -0.39 is 5.97 Å². The molecule has 29 heavy (non-hydrogen) atoms. The van der Waals surface area contributed by atoms with Crippen LogP contribution < -0.4 is 5.32 Å². The van der Waals surface area contributed by atoms with Crippen LogP contribution in [-0.4, -0.2) is 28.1 Å². The van der Waals surface area contributed by atoms with Gasteiger partial charge in [-0.25, -0.2) is 9.31 Å². The zero-order valence-electron chi connectivity index (χ0n) is 15.8. The van der Waals surface area contributed by atoms with Crippen molar-refractivity contribution in [3.63, 3.8) is 0 Å². The molecule has 0 aliphatic rings. The molecule has 2 aromatic heterocycles. The summed E-state index contributed by atoms with van der Waals surface area (Å²) in [6.07, 6.45) is 1.65. The van der Waals surface area contributed by atoms with E-state index in [2.05, 4.69) is 10.4 Å². The first-order valence-corrected chi connectivity index (χ1v) is 9.28. The van der Waals surface area contributed by atoms with E-state index in [1.807, 2.05) is 42.5 Å². The first-order chi connectivity index (χ1) is 14.2. The molecule has 4 aromatic rings. The number of para-hydroxylation sites is 1. The molecule has 6 nitrogen and oxygen atoms in total. The van der Waals surface area contributed by atoms with Gasteiger partial charge >= 0.3 is 5.97 Å². The SMILES string of the molecule is CCOC(=O)c1cc2cccnn2c1-c1cccc(C(=O)Nc2ccccc2)c1. The van der Waals surface area contributed by atoms with E-state index in [9.17, 15) is 9.59 Å². The number of ether oxygens (including phenoxy) is 1. The summed E-state index contributed by atoms with van der Waals surface area (Å²) in [5.41, 5.74) is 3.66. The Labute approximate surface area is 167 Å². The molecule has 0 saturated heterocycles. The van der Waals surface area contributed by atoms with Crippen LogP contribution in [0, 0.1) is 0 Å². The van der Waals surface area contributed by atoms with Gasteiger partial charge in [-0.05, 0) is 49.4 Å². The van der Waals surface area contributed by atoms with E-state index in [4.69, 9.17) is 4.74 Å². The molecular formula is C23H19N3O3. The zero-order valence-corrected chi connectivity index (χ0v) is 15.8. The maximum absolute atomic E-state index is 12.7. The Kier molecular flexibility index (Phi) is 5.07. The number of hydrogen-bond acceptors (Lipinski definition) is 4. The number of fused-ring (bicyclic) bond motifs is 1. The van der Waals surface area contributed by atoms with Crippen LogP contribution in [0.5, 0.6) is 0 Å². The van der Waals surface area contributed by atoms with Crippen LogP contribution in [0.4, 0.5) is 5.69 Å². The molecule has 2 aromatic carbocycles. The van der Waals surface area contributed by atoms with Crippen molar-refractivity contribution >= 4 is 23.1 Å². The van der Waals surface area contributed by atoms with E-state index in [0.29, 0.717) is 28.1 Å². The Morgan fingerprint density at radius 1 is 1.00 bits per heavy atom. The van der Waals surface area contributed by atoms with E-state index in [1.165, 1.54) is 0 Å².